The second-order valence-electron chi connectivity index (χ2n) is 7.77. The number of carbonyl (C=O) groups is 1. The predicted octanol–water partition coefficient (Wildman–Crippen LogP) is 3.54. The number of nitrogens with one attached hydrogen (secondary N) is 4. The summed E-state index contributed by atoms with van der Waals surface area (Å²) in [6.45, 7) is 8.81. The van der Waals surface area contributed by atoms with Crippen LogP contribution in [0.3, 0.4) is 0 Å². The van der Waals surface area contributed by atoms with Crippen molar-refractivity contribution in [2.24, 2.45) is 4.99 Å². The van der Waals surface area contributed by atoms with Gasteiger partial charge in [0, 0.05) is 36.7 Å². The van der Waals surface area contributed by atoms with Crippen LogP contribution < -0.4 is 20.7 Å². The Labute approximate surface area is 196 Å². The third kappa shape index (κ3) is 7.00. The number of fused-ring (bicyclic) bond motifs is 1. The molecule has 0 unspecified atom stereocenters. The van der Waals surface area contributed by atoms with Gasteiger partial charge in [-0.05, 0) is 55.5 Å². The molecular weight excluding hydrogens is 414 g/mol. The Hall–Kier alpha value is -3.48. The van der Waals surface area contributed by atoms with Gasteiger partial charge in [-0.15, -0.1) is 0 Å². The summed E-state index contributed by atoms with van der Waals surface area (Å²) in [6.07, 6.45) is 4.04. The van der Waals surface area contributed by atoms with Gasteiger partial charge in [0.1, 0.15) is 5.75 Å². The van der Waals surface area contributed by atoms with E-state index in [1.807, 2.05) is 31.2 Å². The number of ether oxygens (including phenoxy) is 1. The van der Waals surface area contributed by atoms with Gasteiger partial charge in [-0.3, -0.25) is 4.79 Å². The molecule has 7 heteroatoms. The molecule has 0 atom stereocenters. The van der Waals surface area contributed by atoms with E-state index in [0.29, 0.717) is 18.8 Å². The van der Waals surface area contributed by atoms with Crippen molar-refractivity contribution < 1.29 is 9.53 Å². The number of benzene rings is 2. The topological polar surface area (TPSA) is 90.5 Å². The molecule has 0 radical (unpaired) electrons. The fraction of sp³-hybridized carbons (Fsp3) is 0.385. The number of amides is 1. The molecule has 7 nitrogen and oxygen atoms in total. The largest absolute Gasteiger partial charge is 0.484 e. The van der Waals surface area contributed by atoms with Crippen molar-refractivity contribution >= 4 is 22.8 Å². The van der Waals surface area contributed by atoms with Crippen molar-refractivity contribution in [1.29, 1.82) is 0 Å². The lowest BCUT2D eigenvalue weighted by Gasteiger charge is -2.12. The first-order chi connectivity index (χ1) is 16.1. The number of carbonyl (C=O) groups excluding carboxylic acids is 1. The van der Waals surface area contributed by atoms with Crippen molar-refractivity contribution in [3.8, 4) is 5.75 Å². The number of hydrogen-bond donors (Lipinski definition) is 4. The van der Waals surface area contributed by atoms with E-state index in [1.165, 1.54) is 22.0 Å². The molecule has 3 aromatic rings. The maximum Gasteiger partial charge on any atom is 0.257 e. The van der Waals surface area contributed by atoms with Crippen molar-refractivity contribution in [3.63, 3.8) is 0 Å². The van der Waals surface area contributed by atoms with Crippen molar-refractivity contribution in [2.45, 2.75) is 40.2 Å². The first-order valence-corrected chi connectivity index (χ1v) is 11.7. The lowest BCUT2D eigenvalue weighted by Crippen LogP contribution is -2.38. The SMILES string of the molecule is CCNC(=O)COc1cccc(CN=C(NCC)NCCc2c[nH]c3c(CC)cccc23)c1. The molecule has 0 fully saturated rings. The standard InChI is InChI=1S/C26H35N5O2/c1-4-20-10-8-12-23-21(17-30-25(20)23)13-14-29-26(28-6-3)31-16-19-9-7-11-22(15-19)33-18-24(32)27-5-2/h7-12,15,17,30H,4-6,13-14,16,18H2,1-3H3,(H,27,32)(H2,28,29,31). The van der Waals surface area contributed by atoms with Gasteiger partial charge in [-0.25, -0.2) is 4.99 Å². The number of aromatic nitrogens is 1. The van der Waals surface area contributed by atoms with Crippen molar-refractivity contribution in [2.75, 3.05) is 26.2 Å². The van der Waals surface area contributed by atoms with E-state index in [4.69, 9.17) is 9.73 Å². The molecule has 0 aliphatic heterocycles. The summed E-state index contributed by atoms with van der Waals surface area (Å²) in [6, 6.07) is 14.2. The highest BCUT2D eigenvalue weighted by Gasteiger charge is 2.07. The summed E-state index contributed by atoms with van der Waals surface area (Å²) in [5, 5.41) is 10.8. The minimum atomic E-state index is -0.124. The van der Waals surface area contributed by atoms with Gasteiger partial charge >= 0.3 is 0 Å². The Bertz CT molecular complexity index is 1070. The molecule has 0 aliphatic rings. The number of aliphatic imine (C=N–C) groups is 1. The van der Waals surface area contributed by atoms with Crippen LogP contribution >= 0.6 is 0 Å². The Balaban J connectivity index is 1.56. The van der Waals surface area contributed by atoms with Crippen LogP contribution in [0.25, 0.3) is 10.9 Å². The number of nitrogens with zero attached hydrogens (tertiary/aromatic N) is 1. The Morgan fingerprint density at radius 3 is 2.61 bits per heavy atom. The number of para-hydroxylation sites is 1. The molecular formula is C26H35N5O2. The highest BCUT2D eigenvalue weighted by atomic mass is 16.5. The molecule has 0 spiro atoms. The van der Waals surface area contributed by atoms with E-state index in [9.17, 15) is 4.79 Å². The second kappa shape index (κ2) is 12.5. The molecule has 0 bridgehead atoms. The van der Waals surface area contributed by atoms with Crippen LogP contribution in [0.4, 0.5) is 0 Å². The van der Waals surface area contributed by atoms with Gasteiger partial charge in [0.05, 0.1) is 6.54 Å². The number of guanidine groups is 1. The number of H-pyrrole nitrogens is 1. The summed E-state index contributed by atoms with van der Waals surface area (Å²) in [4.78, 5) is 19.7. The molecule has 0 aliphatic carbocycles. The molecule has 1 heterocycles. The first kappa shape index (κ1) is 24.2. The van der Waals surface area contributed by atoms with Crippen LogP contribution in [-0.4, -0.2) is 43.1 Å². The normalized spacial score (nSPS) is 11.4. The molecule has 2 aromatic carbocycles. The minimum Gasteiger partial charge on any atom is -0.484 e. The van der Waals surface area contributed by atoms with Crippen molar-refractivity contribution in [3.05, 3.63) is 65.4 Å². The maximum absolute atomic E-state index is 11.6. The number of aromatic amines is 1. The van der Waals surface area contributed by atoms with Gasteiger partial charge in [0.25, 0.3) is 5.91 Å². The monoisotopic (exact) mass is 449 g/mol. The van der Waals surface area contributed by atoms with Crippen LogP contribution in [0.15, 0.2) is 53.7 Å². The highest BCUT2D eigenvalue weighted by Crippen LogP contribution is 2.22. The highest BCUT2D eigenvalue weighted by molar-refractivity contribution is 5.86. The smallest absolute Gasteiger partial charge is 0.257 e. The Morgan fingerprint density at radius 2 is 1.82 bits per heavy atom. The molecule has 4 N–H and O–H groups in total. The average molecular weight is 450 g/mol. The fourth-order valence-corrected chi connectivity index (χ4v) is 3.74. The molecule has 176 valence electrons. The summed E-state index contributed by atoms with van der Waals surface area (Å²) >= 11 is 0. The predicted molar refractivity (Wildman–Crippen MR) is 135 cm³/mol. The number of aryl methyl sites for hydroxylation is 1. The third-order valence-corrected chi connectivity index (χ3v) is 5.36. The molecule has 33 heavy (non-hydrogen) atoms. The van der Waals surface area contributed by atoms with Crippen LogP contribution in [0.2, 0.25) is 0 Å². The van der Waals surface area contributed by atoms with Gasteiger partial charge < -0.3 is 25.7 Å². The number of hydrogen-bond acceptors (Lipinski definition) is 3. The minimum absolute atomic E-state index is 0.0122. The molecule has 1 aromatic heterocycles. The molecule has 0 saturated carbocycles. The van der Waals surface area contributed by atoms with E-state index in [2.05, 4.69) is 59.2 Å². The lowest BCUT2D eigenvalue weighted by atomic mass is 10.1. The molecule has 0 saturated heterocycles. The molecule has 1 amide bonds. The van der Waals surface area contributed by atoms with Crippen LogP contribution in [0.1, 0.15) is 37.5 Å². The van der Waals surface area contributed by atoms with E-state index in [-0.39, 0.29) is 12.5 Å². The molecule has 3 rings (SSSR count). The zero-order valence-corrected chi connectivity index (χ0v) is 19.8. The van der Waals surface area contributed by atoms with Gasteiger partial charge in [0.2, 0.25) is 0 Å². The zero-order chi connectivity index (χ0) is 23.5. The van der Waals surface area contributed by atoms with E-state index in [1.54, 1.807) is 0 Å². The van der Waals surface area contributed by atoms with E-state index < -0.39 is 0 Å². The fourth-order valence-electron chi connectivity index (χ4n) is 3.74. The quantitative estimate of drug-likeness (QED) is 0.266. The van der Waals surface area contributed by atoms with Gasteiger partial charge in [-0.1, -0.05) is 37.3 Å². The summed E-state index contributed by atoms with van der Waals surface area (Å²) < 4.78 is 5.58. The summed E-state index contributed by atoms with van der Waals surface area (Å²) in [5.41, 5.74) is 4.91. The summed E-state index contributed by atoms with van der Waals surface area (Å²) in [5.74, 6) is 1.32. The van der Waals surface area contributed by atoms with Crippen LogP contribution in [-0.2, 0) is 24.2 Å². The zero-order valence-electron chi connectivity index (χ0n) is 19.8. The van der Waals surface area contributed by atoms with Gasteiger partial charge in [0.15, 0.2) is 12.6 Å². The van der Waals surface area contributed by atoms with Crippen LogP contribution in [0.5, 0.6) is 5.75 Å². The second-order valence-corrected chi connectivity index (χ2v) is 7.77. The number of rotatable bonds is 11. The Kier molecular flexibility index (Phi) is 9.18. The number of likely N-dealkylation sites (N-methyl/N-ethyl adjacent to an activating group) is 1. The van der Waals surface area contributed by atoms with Crippen molar-refractivity contribution in [1.82, 2.24) is 20.9 Å². The first-order valence-electron chi connectivity index (χ1n) is 11.7. The van der Waals surface area contributed by atoms with E-state index >= 15 is 0 Å². The van der Waals surface area contributed by atoms with E-state index in [0.717, 1.165) is 37.5 Å². The maximum atomic E-state index is 11.6. The average Bonchev–Trinajstić information content (AvgIpc) is 3.25. The third-order valence-electron chi connectivity index (χ3n) is 5.36. The summed E-state index contributed by atoms with van der Waals surface area (Å²) in [7, 11) is 0. The lowest BCUT2D eigenvalue weighted by molar-refractivity contribution is -0.122. The Morgan fingerprint density at radius 1 is 1.00 bits per heavy atom. The van der Waals surface area contributed by atoms with Crippen LogP contribution in [0, 0.1) is 0 Å². The van der Waals surface area contributed by atoms with Gasteiger partial charge in [-0.2, -0.15) is 0 Å².